The van der Waals surface area contributed by atoms with Crippen LogP contribution in [0.3, 0.4) is 0 Å². The van der Waals surface area contributed by atoms with E-state index in [-0.39, 0.29) is 16.9 Å². The summed E-state index contributed by atoms with van der Waals surface area (Å²) in [6, 6.07) is 8.61. The highest BCUT2D eigenvalue weighted by Crippen LogP contribution is 2.27. The van der Waals surface area contributed by atoms with Gasteiger partial charge in [-0.1, -0.05) is 0 Å². The predicted molar refractivity (Wildman–Crippen MR) is 81.0 cm³/mol. The topological polar surface area (TPSA) is 93.6 Å². The minimum atomic E-state index is -0.501. The molecule has 0 aliphatic carbocycles. The third kappa shape index (κ3) is 2.10. The summed E-state index contributed by atoms with van der Waals surface area (Å²) in [5.74, 6) is 0.0544. The van der Waals surface area contributed by atoms with Crippen LogP contribution in [0.15, 0.2) is 51.9 Å². The van der Waals surface area contributed by atoms with Crippen molar-refractivity contribution < 1.29 is 14.4 Å². The molecule has 0 aliphatic rings. The maximum absolute atomic E-state index is 12.5. The smallest absolute Gasteiger partial charge is 0.269 e. The van der Waals surface area contributed by atoms with Crippen LogP contribution < -0.4 is 5.43 Å². The summed E-state index contributed by atoms with van der Waals surface area (Å²) in [6.07, 6.45) is 1.30. The Morgan fingerprint density at radius 2 is 1.82 bits per heavy atom. The van der Waals surface area contributed by atoms with E-state index in [2.05, 4.69) is 0 Å². The average Bonchev–Trinajstić information content (AvgIpc) is 2.51. The number of hydrogen-bond donors (Lipinski definition) is 1. The summed E-state index contributed by atoms with van der Waals surface area (Å²) < 4.78 is 5.47. The highest BCUT2D eigenvalue weighted by molar-refractivity contribution is 5.85. The Morgan fingerprint density at radius 3 is 2.45 bits per heavy atom. The zero-order valence-electron chi connectivity index (χ0n) is 11.6. The Morgan fingerprint density at radius 1 is 1.14 bits per heavy atom. The Kier molecular flexibility index (Phi) is 3.14. The van der Waals surface area contributed by atoms with Gasteiger partial charge in [0.2, 0.25) is 5.43 Å². The van der Waals surface area contributed by atoms with Crippen molar-refractivity contribution in [3.8, 4) is 16.9 Å². The second-order valence-electron chi connectivity index (χ2n) is 4.87. The highest BCUT2D eigenvalue weighted by atomic mass is 16.6. The lowest BCUT2D eigenvalue weighted by atomic mass is 10.0. The molecule has 1 aromatic heterocycles. The van der Waals surface area contributed by atoms with Gasteiger partial charge in [-0.05, 0) is 36.8 Å². The van der Waals surface area contributed by atoms with Gasteiger partial charge in [0.25, 0.3) is 5.69 Å². The SMILES string of the molecule is Cc1c(O)ccc2c(=O)c(-c3ccc([N+](=O)[O-])cc3)coc12. The molecular formula is C16H11NO5. The van der Waals surface area contributed by atoms with Crippen LogP contribution in [0.2, 0.25) is 0 Å². The van der Waals surface area contributed by atoms with E-state index in [1.54, 1.807) is 6.92 Å². The molecule has 0 unspecified atom stereocenters. The fourth-order valence-corrected chi connectivity index (χ4v) is 2.29. The molecule has 22 heavy (non-hydrogen) atoms. The minimum Gasteiger partial charge on any atom is -0.508 e. The first-order valence-corrected chi connectivity index (χ1v) is 6.48. The van der Waals surface area contributed by atoms with Crippen LogP contribution in [0.25, 0.3) is 22.1 Å². The molecule has 6 heteroatoms. The number of fused-ring (bicyclic) bond motifs is 1. The molecule has 0 amide bonds. The number of nitro benzene ring substituents is 1. The summed E-state index contributed by atoms with van der Waals surface area (Å²) in [4.78, 5) is 22.7. The molecule has 0 fully saturated rings. The third-order valence-electron chi connectivity index (χ3n) is 3.55. The van der Waals surface area contributed by atoms with Gasteiger partial charge in [0.1, 0.15) is 17.6 Å². The molecule has 0 saturated carbocycles. The van der Waals surface area contributed by atoms with E-state index >= 15 is 0 Å². The first kappa shape index (κ1) is 13.8. The molecule has 6 nitrogen and oxygen atoms in total. The monoisotopic (exact) mass is 297 g/mol. The Balaban J connectivity index is 2.20. The molecule has 0 saturated heterocycles. The zero-order valence-corrected chi connectivity index (χ0v) is 11.6. The van der Waals surface area contributed by atoms with Gasteiger partial charge in [0.15, 0.2) is 0 Å². The fourth-order valence-electron chi connectivity index (χ4n) is 2.29. The van der Waals surface area contributed by atoms with Crippen molar-refractivity contribution in [2.45, 2.75) is 6.92 Å². The largest absolute Gasteiger partial charge is 0.508 e. The van der Waals surface area contributed by atoms with Gasteiger partial charge in [-0.3, -0.25) is 14.9 Å². The lowest BCUT2D eigenvalue weighted by molar-refractivity contribution is -0.384. The minimum absolute atomic E-state index is 0.0466. The lowest BCUT2D eigenvalue weighted by Crippen LogP contribution is -2.05. The van der Waals surface area contributed by atoms with Crippen LogP contribution >= 0.6 is 0 Å². The van der Waals surface area contributed by atoms with Crippen molar-refractivity contribution in [2.75, 3.05) is 0 Å². The van der Waals surface area contributed by atoms with Crippen molar-refractivity contribution >= 4 is 16.7 Å². The molecule has 3 aromatic rings. The fraction of sp³-hybridized carbons (Fsp3) is 0.0625. The summed E-state index contributed by atoms with van der Waals surface area (Å²) in [7, 11) is 0. The molecule has 0 atom stereocenters. The molecule has 3 rings (SSSR count). The lowest BCUT2D eigenvalue weighted by Gasteiger charge is -2.05. The van der Waals surface area contributed by atoms with Crippen LogP contribution in [0.5, 0.6) is 5.75 Å². The third-order valence-corrected chi connectivity index (χ3v) is 3.55. The summed E-state index contributed by atoms with van der Waals surface area (Å²) in [5.41, 5.74) is 1.37. The van der Waals surface area contributed by atoms with Crippen LogP contribution in [0, 0.1) is 17.0 Å². The molecule has 110 valence electrons. The van der Waals surface area contributed by atoms with Gasteiger partial charge in [-0.15, -0.1) is 0 Å². The van der Waals surface area contributed by atoms with Crippen LogP contribution in [-0.4, -0.2) is 10.0 Å². The van der Waals surface area contributed by atoms with Crippen LogP contribution in [0.1, 0.15) is 5.56 Å². The first-order valence-electron chi connectivity index (χ1n) is 6.48. The van der Waals surface area contributed by atoms with Gasteiger partial charge >= 0.3 is 0 Å². The number of aryl methyl sites for hydroxylation is 1. The number of benzene rings is 2. The van der Waals surface area contributed by atoms with Crippen molar-refractivity contribution in [2.24, 2.45) is 0 Å². The van der Waals surface area contributed by atoms with E-state index in [9.17, 15) is 20.0 Å². The quantitative estimate of drug-likeness (QED) is 0.578. The molecule has 2 aromatic carbocycles. The molecular weight excluding hydrogens is 286 g/mol. The molecule has 0 aliphatic heterocycles. The average molecular weight is 297 g/mol. The Bertz CT molecular complexity index is 941. The van der Waals surface area contributed by atoms with E-state index in [0.717, 1.165) is 0 Å². The number of nitrogens with zero attached hydrogens (tertiary/aromatic N) is 1. The molecule has 0 spiro atoms. The maximum Gasteiger partial charge on any atom is 0.269 e. The number of rotatable bonds is 2. The Labute approximate surface area is 124 Å². The number of phenols is 1. The van der Waals surface area contributed by atoms with Crippen LogP contribution in [-0.2, 0) is 0 Å². The highest BCUT2D eigenvalue weighted by Gasteiger charge is 2.13. The van der Waals surface area contributed by atoms with Gasteiger partial charge < -0.3 is 9.52 Å². The maximum atomic E-state index is 12.5. The van der Waals surface area contributed by atoms with Gasteiger partial charge in [-0.25, -0.2) is 0 Å². The van der Waals surface area contributed by atoms with Crippen LogP contribution in [0.4, 0.5) is 5.69 Å². The number of phenolic OH excluding ortho intramolecular Hbond substituents is 1. The summed E-state index contributed by atoms with van der Waals surface area (Å²) in [5, 5.41) is 20.7. The molecule has 0 radical (unpaired) electrons. The van der Waals surface area contributed by atoms with Gasteiger partial charge in [0, 0.05) is 17.7 Å². The molecule has 0 bridgehead atoms. The normalized spacial score (nSPS) is 10.8. The zero-order chi connectivity index (χ0) is 15.9. The first-order chi connectivity index (χ1) is 10.5. The summed E-state index contributed by atoms with van der Waals surface area (Å²) in [6.45, 7) is 1.66. The van der Waals surface area contributed by atoms with Gasteiger partial charge in [0.05, 0.1) is 15.9 Å². The number of aromatic hydroxyl groups is 1. The molecule has 1 heterocycles. The number of non-ortho nitro benzene ring substituents is 1. The second kappa shape index (κ2) is 5.00. The number of hydrogen-bond acceptors (Lipinski definition) is 5. The van der Waals surface area contributed by atoms with Crippen molar-refractivity contribution in [1.82, 2.24) is 0 Å². The van der Waals surface area contributed by atoms with E-state index < -0.39 is 4.92 Å². The number of nitro groups is 1. The standard InChI is InChI=1S/C16H11NO5/c1-9-14(18)7-6-12-15(19)13(8-22-16(9)12)10-2-4-11(5-3-10)17(20)21/h2-8,18H,1H3. The van der Waals surface area contributed by atoms with Crippen molar-refractivity contribution in [3.63, 3.8) is 0 Å². The van der Waals surface area contributed by atoms with Crippen molar-refractivity contribution in [1.29, 1.82) is 0 Å². The van der Waals surface area contributed by atoms with E-state index in [4.69, 9.17) is 4.42 Å². The van der Waals surface area contributed by atoms with E-state index in [1.165, 1.54) is 42.7 Å². The second-order valence-corrected chi connectivity index (χ2v) is 4.87. The van der Waals surface area contributed by atoms with Crippen molar-refractivity contribution in [3.05, 3.63) is 68.6 Å². The summed E-state index contributed by atoms with van der Waals surface area (Å²) >= 11 is 0. The van der Waals surface area contributed by atoms with Gasteiger partial charge in [-0.2, -0.15) is 0 Å². The predicted octanol–water partition coefficient (Wildman–Crippen LogP) is 3.38. The van der Waals surface area contributed by atoms with E-state index in [1.807, 2.05) is 0 Å². The van der Waals surface area contributed by atoms with E-state index in [0.29, 0.717) is 27.7 Å². The molecule has 1 N–H and O–H groups in total. The Hall–Kier alpha value is -3.15.